The van der Waals surface area contributed by atoms with Crippen molar-refractivity contribution in [2.75, 3.05) is 13.1 Å². The van der Waals surface area contributed by atoms with Crippen LogP contribution in [0.25, 0.3) is 0 Å². The molecule has 6 nitrogen and oxygen atoms in total. The summed E-state index contributed by atoms with van der Waals surface area (Å²) in [6, 6.07) is 0. The van der Waals surface area contributed by atoms with Crippen LogP contribution in [0.2, 0.25) is 0 Å². The Morgan fingerprint density at radius 2 is 2.33 bits per heavy atom. The minimum Gasteiger partial charge on any atom is -0.370 e. The lowest BCUT2D eigenvalue weighted by Crippen LogP contribution is -2.34. The van der Waals surface area contributed by atoms with Gasteiger partial charge in [-0.15, -0.1) is 10.2 Å². The highest BCUT2D eigenvalue weighted by atomic mass is 15.3. The molecule has 0 amide bonds. The van der Waals surface area contributed by atoms with E-state index in [9.17, 15) is 0 Å². The third kappa shape index (κ3) is 5.16. The normalized spacial score (nSPS) is 12.1. The van der Waals surface area contributed by atoms with Crippen LogP contribution in [-0.4, -0.2) is 33.8 Å². The summed E-state index contributed by atoms with van der Waals surface area (Å²) in [5.74, 6) is 2.17. The van der Waals surface area contributed by atoms with Gasteiger partial charge in [0, 0.05) is 26.1 Å². The van der Waals surface area contributed by atoms with E-state index >= 15 is 0 Å². The van der Waals surface area contributed by atoms with Crippen molar-refractivity contribution in [2.24, 2.45) is 16.6 Å². The minimum atomic E-state index is 0.516. The van der Waals surface area contributed by atoms with Crippen molar-refractivity contribution in [3.8, 4) is 0 Å². The molecular formula is C12H24N6. The zero-order chi connectivity index (χ0) is 13.4. The van der Waals surface area contributed by atoms with Crippen molar-refractivity contribution in [2.45, 2.75) is 40.2 Å². The van der Waals surface area contributed by atoms with Crippen molar-refractivity contribution in [1.82, 2.24) is 20.1 Å². The van der Waals surface area contributed by atoms with E-state index in [4.69, 9.17) is 5.73 Å². The van der Waals surface area contributed by atoms with Gasteiger partial charge in [-0.2, -0.15) is 0 Å². The minimum absolute atomic E-state index is 0.516. The fraction of sp³-hybridized carbons (Fsp3) is 0.750. The molecule has 0 bridgehead atoms. The van der Waals surface area contributed by atoms with Crippen LogP contribution in [0.15, 0.2) is 11.3 Å². The van der Waals surface area contributed by atoms with E-state index in [1.54, 1.807) is 6.33 Å². The summed E-state index contributed by atoms with van der Waals surface area (Å²) in [5.41, 5.74) is 5.77. The van der Waals surface area contributed by atoms with E-state index in [1.807, 2.05) is 4.57 Å². The molecule has 0 unspecified atom stereocenters. The molecule has 0 spiro atoms. The largest absolute Gasteiger partial charge is 0.370 e. The summed E-state index contributed by atoms with van der Waals surface area (Å²) < 4.78 is 2.02. The first-order valence-electron chi connectivity index (χ1n) is 6.54. The number of nitrogens with one attached hydrogen (secondary N) is 1. The van der Waals surface area contributed by atoms with E-state index in [0.29, 0.717) is 11.9 Å². The molecule has 3 N–H and O–H groups in total. The summed E-state index contributed by atoms with van der Waals surface area (Å²) in [7, 11) is 0. The highest BCUT2D eigenvalue weighted by Crippen LogP contribution is 1.98. The Morgan fingerprint density at radius 3 is 3.00 bits per heavy atom. The first-order chi connectivity index (χ1) is 8.63. The number of hydrogen-bond donors (Lipinski definition) is 2. The van der Waals surface area contributed by atoms with Crippen LogP contribution in [0.1, 0.15) is 33.0 Å². The Kier molecular flexibility index (Phi) is 6.18. The van der Waals surface area contributed by atoms with Gasteiger partial charge >= 0.3 is 0 Å². The van der Waals surface area contributed by atoms with Gasteiger partial charge in [0.25, 0.3) is 0 Å². The maximum Gasteiger partial charge on any atom is 0.188 e. The van der Waals surface area contributed by atoms with Crippen LogP contribution in [0.4, 0.5) is 0 Å². The highest BCUT2D eigenvalue weighted by molar-refractivity contribution is 5.77. The first kappa shape index (κ1) is 14.5. The monoisotopic (exact) mass is 252 g/mol. The van der Waals surface area contributed by atoms with Gasteiger partial charge in [-0.3, -0.25) is 4.99 Å². The van der Waals surface area contributed by atoms with E-state index in [1.165, 1.54) is 0 Å². The van der Waals surface area contributed by atoms with Gasteiger partial charge in [0.15, 0.2) is 5.96 Å². The standard InChI is InChI=1S/C12H24N6/c1-4-11-17-16-9-18(11)8-7-15-12(13)14-6-5-10(2)3/h9-10H,4-8H2,1-3H3,(H3,13,14,15). The molecule has 0 fully saturated rings. The predicted molar refractivity (Wildman–Crippen MR) is 73.3 cm³/mol. The average molecular weight is 252 g/mol. The third-order valence-corrected chi connectivity index (χ3v) is 2.66. The predicted octanol–water partition coefficient (Wildman–Crippen LogP) is 0.791. The van der Waals surface area contributed by atoms with Gasteiger partial charge in [0.05, 0.1) is 0 Å². The summed E-state index contributed by atoms with van der Waals surface area (Å²) in [6.45, 7) is 8.74. The number of guanidine groups is 1. The highest BCUT2D eigenvalue weighted by Gasteiger charge is 2.00. The van der Waals surface area contributed by atoms with Crippen molar-refractivity contribution in [3.05, 3.63) is 12.2 Å². The van der Waals surface area contributed by atoms with Gasteiger partial charge in [-0.1, -0.05) is 20.8 Å². The lowest BCUT2D eigenvalue weighted by molar-refractivity contribution is 0.594. The molecule has 18 heavy (non-hydrogen) atoms. The summed E-state index contributed by atoms with van der Waals surface area (Å²) in [6.07, 6.45) is 3.69. The van der Waals surface area contributed by atoms with Crippen LogP contribution in [0.3, 0.4) is 0 Å². The number of nitrogens with two attached hydrogens (primary N) is 1. The van der Waals surface area contributed by atoms with Gasteiger partial charge in [0.2, 0.25) is 0 Å². The van der Waals surface area contributed by atoms with Crippen LogP contribution in [0.5, 0.6) is 0 Å². The average Bonchev–Trinajstić information content (AvgIpc) is 2.76. The summed E-state index contributed by atoms with van der Waals surface area (Å²) in [5, 5.41) is 11.0. The number of nitrogens with zero attached hydrogens (tertiary/aromatic N) is 4. The van der Waals surface area contributed by atoms with E-state index in [2.05, 4.69) is 41.3 Å². The van der Waals surface area contributed by atoms with E-state index < -0.39 is 0 Å². The number of aliphatic imine (C=N–C) groups is 1. The summed E-state index contributed by atoms with van der Waals surface area (Å²) in [4.78, 5) is 4.27. The molecule has 102 valence electrons. The smallest absolute Gasteiger partial charge is 0.188 e. The van der Waals surface area contributed by atoms with Crippen molar-refractivity contribution in [1.29, 1.82) is 0 Å². The molecule has 0 saturated carbocycles. The fourth-order valence-electron chi connectivity index (χ4n) is 1.54. The molecule has 0 saturated heterocycles. The third-order valence-electron chi connectivity index (χ3n) is 2.66. The molecule has 1 aromatic heterocycles. The first-order valence-corrected chi connectivity index (χ1v) is 6.54. The lowest BCUT2D eigenvalue weighted by atomic mass is 10.1. The zero-order valence-corrected chi connectivity index (χ0v) is 11.6. The molecule has 1 aromatic rings. The van der Waals surface area contributed by atoms with Gasteiger partial charge < -0.3 is 15.6 Å². The molecule has 1 rings (SSSR count). The quantitative estimate of drug-likeness (QED) is 0.555. The van der Waals surface area contributed by atoms with Crippen LogP contribution < -0.4 is 11.1 Å². The van der Waals surface area contributed by atoms with Crippen LogP contribution >= 0.6 is 0 Å². The lowest BCUT2D eigenvalue weighted by Gasteiger charge is -2.08. The molecule has 0 aliphatic heterocycles. The molecule has 0 aromatic carbocycles. The second-order valence-corrected chi connectivity index (χ2v) is 4.67. The fourth-order valence-corrected chi connectivity index (χ4v) is 1.54. The van der Waals surface area contributed by atoms with Crippen molar-refractivity contribution in [3.63, 3.8) is 0 Å². The molecular weight excluding hydrogens is 228 g/mol. The van der Waals surface area contributed by atoms with Crippen molar-refractivity contribution < 1.29 is 0 Å². The topological polar surface area (TPSA) is 81.1 Å². The Balaban J connectivity index is 2.24. The Labute approximate surface area is 109 Å². The molecule has 1 heterocycles. The molecule has 6 heteroatoms. The number of aromatic nitrogens is 3. The van der Waals surface area contributed by atoms with Gasteiger partial charge in [-0.25, -0.2) is 0 Å². The van der Waals surface area contributed by atoms with Crippen LogP contribution in [0, 0.1) is 5.92 Å². The van der Waals surface area contributed by atoms with E-state index in [-0.39, 0.29) is 0 Å². The second kappa shape index (κ2) is 7.68. The number of rotatable bonds is 7. The number of aryl methyl sites for hydroxylation is 1. The maximum absolute atomic E-state index is 5.77. The van der Waals surface area contributed by atoms with Crippen molar-refractivity contribution >= 4 is 5.96 Å². The molecule has 0 radical (unpaired) electrons. The zero-order valence-electron chi connectivity index (χ0n) is 11.6. The molecule has 0 aliphatic carbocycles. The Bertz CT molecular complexity index is 368. The van der Waals surface area contributed by atoms with Gasteiger partial charge in [0.1, 0.15) is 12.2 Å². The molecule has 0 atom stereocenters. The van der Waals surface area contributed by atoms with Gasteiger partial charge in [-0.05, 0) is 12.3 Å². The molecule has 0 aliphatic rings. The van der Waals surface area contributed by atoms with E-state index in [0.717, 1.165) is 38.3 Å². The van der Waals surface area contributed by atoms with Crippen LogP contribution in [-0.2, 0) is 13.0 Å². The second-order valence-electron chi connectivity index (χ2n) is 4.67. The maximum atomic E-state index is 5.77. The number of hydrogen-bond acceptors (Lipinski definition) is 3. The Hall–Kier alpha value is -1.59. The SMILES string of the molecule is CCc1nncn1CCNC(N)=NCCC(C)C. The summed E-state index contributed by atoms with van der Waals surface area (Å²) >= 11 is 0. The Morgan fingerprint density at radius 1 is 1.56 bits per heavy atom.